The van der Waals surface area contributed by atoms with Crippen molar-refractivity contribution in [1.82, 2.24) is 0 Å². The lowest BCUT2D eigenvalue weighted by Gasteiger charge is -2.05. The standard InChI is InChI=1S/C21H39NO3/c1-25-21(24)18-16-14-12-10-8-6-4-2-3-5-7-9-11-13-15-17-20(22)19-23/h9-12,20,23H,2-8,13-19,22H2,1H3/b11-9-,12-10-/t20-/m0/s1. The summed E-state index contributed by atoms with van der Waals surface area (Å²) in [7, 11) is 1.44. The van der Waals surface area contributed by atoms with Crippen LogP contribution in [0.5, 0.6) is 0 Å². The molecule has 0 aliphatic heterocycles. The van der Waals surface area contributed by atoms with Gasteiger partial charge in [0.25, 0.3) is 0 Å². The highest BCUT2D eigenvalue weighted by molar-refractivity contribution is 5.68. The number of ether oxygens (including phenoxy) is 1. The van der Waals surface area contributed by atoms with E-state index in [1.165, 1.54) is 45.6 Å². The van der Waals surface area contributed by atoms with Crippen LogP contribution in [0.1, 0.15) is 83.5 Å². The number of unbranched alkanes of at least 4 members (excludes halogenated alkanes) is 8. The second-order valence-electron chi connectivity index (χ2n) is 6.63. The maximum absolute atomic E-state index is 10.9. The van der Waals surface area contributed by atoms with E-state index in [4.69, 9.17) is 10.8 Å². The van der Waals surface area contributed by atoms with E-state index in [1.54, 1.807) is 0 Å². The average Bonchev–Trinajstić information content (AvgIpc) is 2.63. The molecule has 0 aromatic rings. The number of methoxy groups -OCH3 is 1. The van der Waals surface area contributed by atoms with E-state index in [0.717, 1.165) is 38.5 Å². The van der Waals surface area contributed by atoms with Crippen LogP contribution in [-0.4, -0.2) is 30.8 Å². The van der Waals surface area contributed by atoms with Crippen molar-refractivity contribution >= 4 is 5.97 Å². The molecule has 25 heavy (non-hydrogen) atoms. The molecule has 3 N–H and O–H groups in total. The summed E-state index contributed by atoms with van der Waals surface area (Å²) >= 11 is 0. The largest absolute Gasteiger partial charge is 0.469 e. The van der Waals surface area contributed by atoms with Gasteiger partial charge in [0.05, 0.1) is 13.7 Å². The zero-order valence-corrected chi connectivity index (χ0v) is 16.1. The summed E-state index contributed by atoms with van der Waals surface area (Å²) in [6.07, 6.45) is 23.1. The summed E-state index contributed by atoms with van der Waals surface area (Å²) in [6, 6.07) is -0.0527. The van der Waals surface area contributed by atoms with Crippen LogP contribution in [0.15, 0.2) is 24.3 Å². The molecule has 4 nitrogen and oxygen atoms in total. The number of rotatable bonds is 17. The minimum Gasteiger partial charge on any atom is -0.469 e. The van der Waals surface area contributed by atoms with Crippen LogP contribution in [-0.2, 0) is 9.53 Å². The third kappa shape index (κ3) is 19.0. The van der Waals surface area contributed by atoms with Gasteiger partial charge in [-0.05, 0) is 57.8 Å². The predicted molar refractivity (Wildman–Crippen MR) is 105 cm³/mol. The third-order valence-electron chi connectivity index (χ3n) is 4.23. The lowest BCUT2D eigenvalue weighted by molar-refractivity contribution is -0.140. The molecule has 4 heteroatoms. The Morgan fingerprint density at radius 3 is 1.88 bits per heavy atom. The van der Waals surface area contributed by atoms with Crippen molar-refractivity contribution in [2.24, 2.45) is 5.73 Å². The molecule has 146 valence electrons. The maximum Gasteiger partial charge on any atom is 0.305 e. The number of nitrogens with two attached hydrogens (primary N) is 1. The zero-order chi connectivity index (χ0) is 18.6. The number of hydrogen-bond acceptors (Lipinski definition) is 4. The maximum atomic E-state index is 10.9. The summed E-state index contributed by atoms with van der Waals surface area (Å²) in [5, 5.41) is 8.83. The smallest absolute Gasteiger partial charge is 0.305 e. The molecule has 0 unspecified atom stereocenters. The fraction of sp³-hybridized carbons (Fsp3) is 0.762. The predicted octanol–water partition coefficient (Wildman–Crippen LogP) is 4.66. The molecule has 1 atom stereocenters. The minimum absolute atomic E-state index is 0.0527. The van der Waals surface area contributed by atoms with Crippen molar-refractivity contribution in [3.05, 3.63) is 24.3 Å². The molecule has 0 saturated heterocycles. The van der Waals surface area contributed by atoms with Gasteiger partial charge in [0.15, 0.2) is 0 Å². The van der Waals surface area contributed by atoms with Gasteiger partial charge in [-0.15, -0.1) is 0 Å². The van der Waals surface area contributed by atoms with Crippen LogP contribution in [0.4, 0.5) is 0 Å². The Morgan fingerprint density at radius 2 is 1.36 bits per heavy atom. The van der Waals surface area contributed by atoms with Crippen molar-refractivity contribution in [2.45, 2.75) is 89.5 Å². The third-order valence-corrected chi connectivity index (χ3v) is 4.23. The highest BCUT2D eigenvalue weighted by Gasteiger charge is 1.98. The van der Waals surface area contributed by atoms with E-state index in [1.807, 2.05) is 0 Å². The van der Waals surface area contributed by atoms with Crippen molar-refractivity contribution in [2.75, 3.05) is 13.7 Å². The van der Waals surface area contributed by atoms with Crippen LogP contribution in [0.25, 0.3) is 0 Å². The molecule has 0 fully saturated rings. The number of carbonyl (C=O) groups is 1. The normalized spacial score (nSPS) is 12.9. The first-order chi connectivity index (χ1) is 12.2. The van der Waals surface area contributed by atoms with E-state index in [-0.39, 0.29) is 18.6 Å². The topological polar surface area (TPSA) is 72.5 Å². The molecule has 0 aromatic carbocycles. The molecule has 0 saturated carbocycles. The molecule has 0 aliphatic carbocycles. The molecule has 0 rings (SSSR count). The van der Waals surface area contributed by atoms with Crippen LogP contribution >= 0.6 is 0 Å². The Balaban J connectivity index is 3.22. The van der Waals surface area contributed by atoms with Gasteiger partial charge in [-0.25, -0.2) is 0 Å². The molecule has 0 heterocycles. The summed E-state index contributed by atoms with van der Waals surface area (Å²) in [5.74, 6) is -0.117. The zero-order valence-electron chi connectivity index (χ0n) is 16.1. The Kier molecular flexibility index (Phi) is 18.3. The fourth-order valence-corrected chi connectivity index (χ4v) is 2.58. The number of hydrogen-bond donors (Lipinski definition) is 2. The lowest BCUT2D eigenvalue weighted by Crippen LogP contribution is -2.23. The summed E-state index contributed by atoms with van der Waals surface area (Å²) < 4.78 is 4.61. The molecule has 0 radical (unpaired) electrons. The molecule has 0 spiro atoms. The second kappa shape index (κ2) is 19.2. The number of aliphatic hydroxyl groups is 1. The van der Waals surface area contributed by atoms with Gasteiger partial charge in [0, 0.05) is 12.5 Å². The van der Waals surface area contributed by atoms with Crippen LogP contribution < -0.4 is 5.73 Å². The molecule has 0 bridgehead atoms. The van der Waals surface area contributed by atoms with Gasteiger partial charge in [-0.3, -0.25) is 4.79 Å². The Morgan fingerprint density at radius 1 is 0.880 bits per heavy atom. The average molecular weight is 354 g/mol. The fourth-order valence-electron chi connectivity index (χ4n) is 2.58. The number of aliphatic hydroxyl groups excluding tert-OH is 1. The van der Waals surface area contributed by atoms with E-state index >= 15 is 0 Å². The highest BCUT2D eigenvalue weighted by Crippen LogP contribution is 2.09. The highest BCUT2D eigenvalue weighted by atomic mass is 16.5. The Labute approximate surface area is 154 Å². The first kappa shape index (κ1) is 23.9. The summed E-state index contributed by atoms with van der Waals surface area (Å²) in [5.41, 5.74) is 5.65. The van der Waals surface area contributed by atoms with Gasteiger partial charge >= 0.3 is 5.97 Å². The molecule has 0 aliphatic rings. The van der Waals surface area contributed by atoms with E-state index in [9.17, 15) is 4.79 Å². The summed E-state index contributed by atoms with van der Waals surface area (Å²) in [4.78, 5) is 10.9. The van der Waals surface area contributed by atoms with Gasteiger partial charge in [-0.2, -0.15) is 0 Å². The number of allylic oxidation sites excluding steroid dienone is 4. The Hall–Kier alpha value is -1.13. The van der Waals surface area contributed by atoms with Crippen LogP contribution in [0, 0.1) is 0 Å². The van der Waals surface area contributed by atoms with Gasteiger partial charge in [0.2, 0.25) is 0 Å². The second-order valence-corrected chi connectivity index (χ2v) is 6.63. The monoisotopic (exact) mass is 353 g/mol. The van der Waals surface area contributed by atoms with Crippen molar-refractivity contribution < 1.29 is 14.6 Å². The van der Waals surface area contributed by atoms with Gasteiger partial charge < -0.3 is 15.6 Å². The van der Waals surface area contributed by atoms with E-state index in [2.05, 4.69) is 29.0 Å². The molecule has 0 amide bonds. The van der Waals surface area contributed by atoms with Crippen molar-refractivity contribution in [3.63, 3.8) is 0 Å². The van der Waals surface area contributed by atoms with Gasteiger partial charge in [0.1, 0.15) is 0 Å². The number of carbonyl (C=O) groups excluding carboxylic acids is 1. The quantitative estimate of drug-likeness (QED) is 0.226. The van der Waals surface area contributed by atoms with Crippen LogP contribution in [0.3, 0.4) is 0 Å². The first-order valence-electron chi connectivity index (χ1n) is 9.94. The molecular weight excluding hydrogens is 314 g/mol. The van der Waals surface area contributed by atoms with Crippen molar-refractivity contribution in [1.29, 1.82) is 0 Å². The lowest BCUT2D eigenvalue weighted by atomic mass is 10.1. The van der Waals surface area contributed by atoms with E-state index < -0.39 is 0 Å². The SMILES string of the molecule is COC(=O)CCC/C=C\CCCCCCC/C=C\CCC[C@H](N)CO. The molecular formula is C21H39NO3. The number of esters is 1. The van der Waals surface area contributed by atoms with E-state index in [0.29, 0.717) is 6.42 Å². The summed E-state index contributed by atoms with van der Waals surface area (Å²) in [6.45, 7) is 0.0922. The molecule has 0 aromatic heterocycles. The van der Waals surface area contributed by atoms with Crippen molar-refractivity contribution in [3.8, 4) is 0 Å². The Bertz CT molecular complexity index is 353. The minimum atomic E-state index is -0.117. The van der Waals surface area contributed by atoms with Gasteiger partial charge in [-0.1, -0.05) is 43.6 Å². The van der Waals surface area contributed by atoms with Crippen LogP contribution in [0.2, 0.25) is 0 Å². The first-order valence-corrected chi connectivity index (χ1v) is 9.94.